The molecule has 33 heavy (non-hydrogen) atoms. The molecular weight excluding hydrogens is 432 g/mol. The van der Waals surface area contributed by atoms with E-state index in [-0.39, 0.29) is 11.6 Å². The van der Waals surface area contributed by atoms with Gasteiger partial charge in [0.25, 0.3) is 0 Å². The number of rotatable bonds is 5. The van der Waals surface area contributed by atoms with Crippen LogP contribution in [0.1, 0.15) is 44.3 Å². The Morgan fingerprint density at radius 1 is 0.788 bits per heavy atom. The molecule has 2 aliphatic rings. The van der Waals surface area contributed by atoms with E-state index in [1.165, 1.54) is 11.1 Å². The first-order valence-corrected chi connectivity index (χ1v) is 11.9. The molecule has 0 atom stereocenters. The first-order valence-electron chi connectivity index (χ1n) is 11.5. The van der Waals surface area contributed by atoms with Crippen LogP contribution in [0.4, 0.5) is 0 Å². The molecule has 0 saturated carbocycles. The lowest BCUT2D eigenvalue weighted by atomic mass is 9.82. The van der Waals surface area contributed by atoms with Crippen molar-refractivity contribution < 1.29 is 9.59 Å². The Hall–Kier alpha value is -2.79. The zero-order valence-corrected chi connectivity index (χ0v) is 19.5. The first kappa shape index (κ1) is 22.0. The number of fused-ring (bicyclic) bond motifs is 1. The second-order valence-corrected chi connectivity index (χ2v) is 9.25. The molecule has 0 N–H and O–H groups in total. The highest BCUT2D eigenvalue weighted by Crippen LogP contribution is 2.43. The Morgan fingerprint density at radius 3 is 2.00 bits per heavy atom. The maximum atomic E-state index is 13.9. The summed E-state index contributed by atoms with van der Waals surface area (Å²) in [6, 6.07) is 23.0. The predicted molar refractivity (Wildman–Crippen MR) is 131 cm³/mol. The summed E-state index contributed by atoms with van der Waals surface area (Å²) in [4.78, 5) is 32.2. The summed E-state index contributed by atoms with van der Waals surface area (Å²) in [5.41, 5.74) is 3.03. The van der Waals surface area contributed by atoms with Crippen molar-refractivity contribution in [3.63, 3.8) is 0 Å². The number of benzene rings is 3. The first-order chi connectivity index (χ1) is 16.1. The molecule has 1 fully saturated rings. The maximum absolute atomic E-state index is 13.9. The molecule has 0 aromatic heterocycles. The van der Waals surface area contributed by atoms with E-state index in [1.54, 1.807) is 24.3 Å². The van der Waals surface area contributed by atoms with E-state index >= 15 is 0 Å². The molecule has 1 aliphatic heterocycles. The molecule has 0 spiro atoms. The molecule has 3 aromatic rings. The minimum atomic E-state index is -1.35. The van der Waals surface area contributed by atoms with Gasteiger partial charge in [-0.05, 0) is 35.2 Å². The third-order valence-electron chi connectivity index (χ3n) is 7.06. The SMILES string of the molecule is CCc1ccccc1CN1CCN(C2(c3cccc(Cl)c3)C(=O)c3ccccc3C2=O)CC1. The van der Waals surface area contributed by atoms with Gasteiger partial charge in [-0.15, -0.1) is 0 Å². The summed E-state index contributed by atoms with van der Waals surface area (Å²) >= 11 is 6.32. The Morgan fingerprint density at radius 2 is 1.39 bits per heavy atom. The van der Waals surface area contributed by atoms with Crippen molar-refractivity contribution in [2.24, 2.45) is 0 Å². The lowest BCUT2D eigenvalue weighted by molar-refractivity contribution is 0.0279. The number of aryl methyl sites for hydroxylation is 1. The molecule has 0 bridgehead atoms. The highest BCUT2D eigenvalue weighted by molar-refractivity contribution is 6.34. The largest absolute Gasteiger partial charge is 0.297 e. The fourth-order valence-corrected chi connectivity index (χ4v) is 5.55. The molecular formula is C28H27ClN2O2. The van der Waals surface area contributed by atoms with Crippen LogP contribution < -0.4 is 0 Å². The Kier molecular flexibility index (Phi) is 5.92. The lowest BCUT2D eigenvalue weighted by Crippen LogP contribution is -2.60. The third kappa shape index (κ3) is 3.63. The third-order valence-corrected chi connectivity index (χ3v) is 7.29. The molecule has 0 radical (unpaired) electrons. The summed E-state index contributed by atoms with van der Waals surface area (Å²) in [5.74, 6) is -0.287. The van der Waals surface area contributed by atoms with Gasteiger partial charge in [-0.25, -0.2) is 0 Å². The van der Waals surface area contributed by atoms with E-state index in [4.69, 9.17) is 11.6 Å². The van der Waals surface area contributed by atoms with Gasteiger partial charge in [0, 0.05) is 48.9 Å². The number of hydrogen-bond acceptors (Lipinski definition) is 4. The summed E-state index contributed by atoms with van der Waals surface area (Å²) in [6.07, 6.45) is 1.01. The normalized spacial score (nSPS) is 18.5. The zero-order chi connectivity index (χ0) is 23.0. The quantitative estimate of drug-likeness (QED) is 0.505. The molecule has 5 heteroatoms. The van der Waals surface area contributed by atoms with E-state index in [0.29, 0.717) is 34.8 Å². The second-order valence-electron chi connectivity index (χ2n) is 8.81. The monoisotopic (exact) mass is 458 g/mol. The number of piperazine rings is 1. The van der Waals surface area contributed by atoms with Crippen LogP contribution in [0.3, 0.4) is 0 Å². The van der Waals surface area contributed by atoms with E-state index in [9.17, 15) is 9.59 Å². The number of nitrogens with zero attached hydrogens (tertiary/aromatic N) is 2. The number of hydrogen-bond donors (Lipinski definition) is 0. The summed E-state index contributed by atoms with van der Waals surface area (Å²) in [5, 5.41) is 0.526. The lowest BCUT2D eigenvalue weighted by Gasteiger charge is -2.44. The van der Waals surface area contributed by atoms with Gasteiger partial charge in [-0.3, -0.25) is 19.4 Å². The molecule has 3 aromatic carbocycles. The standard InChI is InChI=1S/C28H27ClN2O2/c1-2-20-8-3-4-9-21(20)19-30-14-16-31(17-15-30)28(22-10-7-11-23(29)18-22)26(32)24-12-5-6-13-25(24)27(28)33/h3-13,18H,2,14-17,19H2,1H3. The molecule has 1 saturated heterocycles. The summed E-state index contributed by atoms with van der Waals surface area (Å²) < 4.78 is 0. The van der Waals surface area contributed by atoms with Crippen molar-refractivity contribution in [2.45, 2.75) is 25.4 Å². The van der Waals surface area contributed by atoms with Gasteiger partial charge in [-0.2, -0.15) is 0 Å². The van der Waals surface area contributed by atoms with Crippen LogP contribution in [0.5, 0.6) is 0 Å². The highest BCUT2D eigenvalue weighted by atomic mass is 35.5. The van der Waals surface area contributed by atoms with Crippen molar-refractivity contribution in [1.82, 2.24) is 9.80 Å². The van der Waals surface area contributed by atoms with E-state index in [1.807, 2.05) is 24.3 Å². The fraction of sp³-hybridized carbons (Fsp3) is 0.286. The Labute approximate surface area is 199 Å². The Bertz CT molecular complexity index is 1180. The van der Waals surface area contributed by atoms with E-state index in [2.05, 4.69) is 41.0 Å². The highest BCUT2D eigenvalue weighted by Gasteiger charge is 2.58. The maximum Gasteiger partial charge on any atom is 0.196 e. The van der Waals surface area contributed by atoms with E-state index < -0.39 is 5.54 Å². The van der Waals surface area contributed by atoms with Crippen LogP contribution in [-0.2, 0) is 18.5 Å². The molecule has 1 aliphatic carbocycles. The van der Waals surface area contributed by atoms with Gasteiger partial charge in [0.05, 0.1) is 0 Å². The fourth-order valence-electron chi connectivity index (χ4n) is 5.36. The average molecular weight is 459 g/mol. The minimum Gasteiger partial charge on any atom is -0.297 e. The van der Waals surface area contributed by atoms with Crippen LogP contribution >= 0.6 is 11.6 Å². The van der Waals surface area contributed by atoms with Crippen molar-refractivity contribution in [3.8, 4) is 0 Å². The summed E-state index contributed by atoms with van der Waals surface area (Å²) in [6.45, 7) is 5.90. The van der Waals surface area contributed by atoms with Crippen LogP contribution in [-0.4, -0.2) is 47.5 Å². The van der Waals surface area contributed by atoms with Crippen molar-refractivity contribution >= 4 is 23.2 Å². The zero-order valence-electron chi connectivity index (χ0n) is 18.8. The number of carbonyl (C=O) groups is 2. The number of carbonyl (C=O) groups excluding carboxylic acids is 2. The predicted octanol–water partition coefficient (Wildman–Crippen LogP) is 4.99. The van der Waals surface area contributed by atoms with Crippen LogP contribution in [0, 0.1) is 0 Å². The molecule has 168 valence electrons. The second kappa shape index (κ2) is 8.86. The van der Waals surface area contributed by atoms with Crippen molar-refractivity contribution in [3.05, 3.63) is 106 Å². The van der Waals surface area contributed by atoms with Gasteiger partial charge in [-0.1, -0.05) is 79.2 Å². The van der Waals surface area contributed by atoms with Gasteiger partial charge < -0.3 is 0 Å². The molecule has 0 amide bonds. The van der Waals surface area contributed by atoms with Gasteiger partial charge in [0.1, 0.15) is 0 Å². The van der Waals surface area contributed by atoms with Gasteiger partial charge >= 0.3 is 0 Å². The molecule has 1 heterocycles. The van der Waals surface area contributed by atoms with Crippen LogP contribution in [0.15, 0.2) is 72.8 Å². The van der Waals surface area contributed by atoms with Crippen molar-refractivity contribution in [2.75, 3.05) is 26.2 Å². The molecule has 5 rings (SSSR count). The average Bonchev–Trinajstić information content (AvgIpc) is 3.08. The smallest absolute Gasteiger partial charge is 0.196 e. The minimum absolute atomic E-state index is 0.143. The van der Waals surface area contributed by atoms with Gasteiger partial charge in [0.15, 0.2) is 17.1 Å². The summed E-state index contributed by atoms with van der Waals surface area (Å²) in [7, 11) is 0. The number of halogens is 1. The number of ketones is 2. The topological polar surface area (TPSA) is 40.6 Å². The van der Waals surface area contributed by atoms with Crippen LogP contribution in [0.2, 0.25) is 5.02 Å². The molecule has 4 nitrogen and oxygen atoms in total. The van der Waals surface area contributed by atoms with Gasteiger partial charge in [0.2, 0.25) is 0 Å². The van der Waals surface area contributed by atoms with E-state index in [0.717, 1.165) is 26.1 Å². The van der Waals surface area contributed by atoms with Crippen LogP contribution in [0.25, 0.3) is 0 Å². The molecule has 0 unspecified atom stereocenters. The Balaban J connectivity index is 1.46. The van der Waals surface area contributed by atoms with Crippen molar-refractivity contribution in [1.29, 1.82) is 0 Å². The number of Topliss-reactive ketones (excluding diaryl/α,β-unsaturated/α-hetero) is 2.